The first-order valence-corrected chi connectivity index (χ1v) is 7.52. The summed E-state index contributed by atoms with van der Waals surface area (Å²) in [7, 11) is 0. The smallest absolute Gasteiger partial charge is 0.0275 e. The molecule has 1 fully saturated rings. The number of hydrogen-bond acceptors (Lipinski definition) is 0. The van der Waals surface area contributed by atoms with E-state index < -0.39 is 0 Å². The first-order chi connectivity index (χ1) is 7.52. The molecule has 0 bridgehead atoms. The summed E-state index contributed by atoms with van der Waals surface area (Å²) < 4.78 is 0. The van der Waals surface area contributed by atoms with Crippen LogP contribution in [-0.2, 0) is 0 Å². The topological polar surface area (TPSA) is 0 Å². The summed E-state index contributed by atoms with van der Waals surface area (Å²) in [5, 5.41) is 0. The van der Waals surface area contributed by atoms with E-state index in [2.05, 4.69) is 27.7 Å². The van der Waals surface area contributed by atoms with E-state index in [4.69, 9.17) is 0 Å². The zero-order valence-electron chi connectivity index (χ0n) is 12.1. The van der Waals surface area contributed by atoms with Gasteiger partial charge in [0.2, 0.25) is 0 Å². The number of hydrogen-bond donors (Lipinski definition) is 0. The van der Waals surface area contributed by atoms with Crippen LogP contribution in [0, 0.1) is 10.8 Å². The molecule has 0 amide bonds. The van der Waals surface area contributed by atoms with E-state index in [1.54, 1.807) is 0 Å². The number of unbranched alkanes of at least 4 members (excludes halogenated alkanes) is 2. The van der Waals surface area contributed by atoms with Crippen LogP contribution in [0.2, 0.25) is 0 Å². The summed E-state index contributed by atoms with van der Waals surface area (Å²) in [6.45, 7) is 9.91. The van der Waals surface area contributed by atoms with Crippen LogP contribution in [0.1, 0.15) is 91.9 Å². The van der Waals surface area contributed by atoms with Gasteiger partial charge in [-0.3, -0.25) is 0 Å². The molecule has 0 radical (unpaired) electrons. The number of rotatable bonds is 4. The molecular formula is C16H32. The lowest BCUT2D eigenvalue weighted by atomic mass is 9.59. The van der Waals surface area contributed by atoms with E-state index in [0.717, 1.165) is 0 Å². The maximum Gasteiger partial charge on any atom is -0.0275 e. The third-order valence-corrected chi connectivity index (χ3v) is 5.25. The molecule has 0 aromatic heterocycles. The van der Waals surface area contributed by atoms with Crippen molar-refractivity contribution < 1.29 is 0 Å². The van der Waals surface area contributed by atoms with E-state index in [9.17, 15) is 0 Å². The van der Waals surface area contributed by atoms with Gasteiger partial charge in [-0.2, -0.15) is 0 Å². The lowest BCUT2D eigenvalue weighted by Gasteiger charge is -2.46. The van der Waals surface area contributed by atoms with Crippen molar-refractivity contribution in [1.82, 2.24) is 0 Å². The molecule has 0 saturated heterocycles. The SMILES string of the molecule is CCCCCC1(C)CCCCCCC1(C)C. The average Bonchev–Trinajstić information content (AvgIpc) is 2.22. The Morgan fingerprint density at radius 3 is 2.06 bits per heavy atom. The molecule has 0 aromatic carbocycles. The summed E-state index contributed by atoms with van der Waals surface area (Å²) in [6.07, 6.45) is 14.4. The van der Waals surface area contributed by atoms with Gasteiger partial charge in [-0.1, -0.05) is 72.6 Å². The van der Waals surface area contributed by atoms with Crippen LogP contribution >= 0.6 is 0 Å². The predicted molar refractivity (Wildman–Crippen MR) is 73.7 cm³/mol. The molecule has 1 saturated carbocycles. The Labute approximate surface area is 103 Å². The highest BCUT2D eigenvalue weighted by molar-refractivity contribution is 4.90. The Hall–Kier alpha value is 0. The summed E-state index contributed by atoms with van der Waals surface area (Å²) in [5.41, 5.74) is 1.16. The second-order valence-electron chi connectivity index (χ2n) is 6.82. The van der Waals surface area contributed by atoms with E-state index in [1.165, 1.54) is 64.2 Å². The molecule has 0 heterocycles. The highest BCUT2D eigenvalue weighted by Gasteiger charge is 2.39. The fourth-order valence-corrected chi connectivity index (χ4v) is 3.30. The minimum atomic E-state index is 0.557. The molecule has 96 valence electrons. The summed E-state index contributed by atoms with van der Waals surface area (Å²) in [6, 6.07) is 0. The molecule has 0 nitrogen and oxygen atoms in total. The van der Waals surface area contributed by atoms with Gasteiger partial charge in [0.05, 0.1) is 0 Å². The summed E-state index contributed by atoms with van der Waals surface area (Å²) in [4.78, 5) is 0. The first kappa shape index (κ1) is 14.1. The van der Waals surface area contributed by atoms with Crippen molar-refractivity contribution in [3.8, 4) is 0 Å². The van der Waals surface area contributed by atoms with Gasteiger partial charge in [0, 0.05) is 0 Å². The second kappa shape index (κ2) is 6.07. The molecule has 1 rings (SSSR count). The summed E-state index contributed by atoms with van der Waals surface area (Å²) in [5.74, 6) is 0. The minimum absolute atomic E-state index is 0.557. The van der Waals surface area contributed by atoms with Crippen LogP contribution in [0.15, 0.2) is 0 Å². The monoisotopic (exact) mass is 224 g/mol. The maximum atomic E-state index is 2.56. The lowest BCUT2D eigenvalue weighted by Crippen LogP contribution is -2.36. The largest absolute Gasteiger partial charge is 0.0654 e. The minimum Gasteiger partial charge on any atom is -0.0654 e. The molecule has 1 atom stereocenters. The van der Waals surface area contributed by atoms with Gasteiger partial charge in [0.15, 0.2) is 0 Å². The summed E-state index contributed by atoms with van der Waals surface area (Å²) >= 11 is 0. The van der Waals surface area contributed by atoms with Crippen molar-refractivity contribution in [2.75, 3.05) is 0 Å². The third kappa shape index (κ3) is 3.50. The van der Waals surface area contributed by atoms with Crippen molar-refractivity contribution in [3.63, 3.8) is 0 Å². The molecule has 1 unspecified atom stereocenters. The predicted octanol–water partition coefficient (Wildman–Crippen LogP) is 5.95. The van der Waals surface area contributed by atoms with Gasteiger partial charge < -0.3 is 0 Å². The Morgan fingerprint density at radius 2 is 1.44 bits per heavy atom. The molecule has 0 spiro atoms. The van der Waals surface area contributed by atoms with Crippen molar-refractivity contribution in [2.24, 2.45) is 10.8 Å². The standard InChI is InChI=1S/C16H32/c1-5-6-9-13-16(4)14-11-8-7-10-12-15(16,2)3/h5-14H2,1-4H3. The van der Waals surface area contributed by atoms with Gasteiger partial charge in [-0.05, 0) is 30.1 Å². The Bertz CT molecular complexity index is 192. The Balaban J connectivity index is 2.60. The van der Waals surface area contributed by atoms with E-state index in [1.807, 2.05) is 0 Å². The van der Waals surface area contributed by atoms with Gasteiger partial charge in [0.25, 0.3) is 0 Å². The molecular weight excluding hydrogens is 192 g/mol. The van der Waals surface area contributed by atoms with Gasteiger partial charge in [0.1, 0.15) is 0 Å². The third-order valence-electron chi connectivity index (χ3n) is 5.25. The zero-order chi connectivity index (χ0) is 12.1. The molecule has 16 heavy (non-hydrogen) atoms. The van der Waals surface area contributed by atoms with Crippen molar-refractivity contribution in [2.45, 2.75) is 91.9 Å². The fraction of sp³-hybridized carbons (Fsp3) is 1.00. The molecule has 1 aliphatic rings. The highest BCUT2D eigenvalue weighted by Crippen LogP contribution is 2.50. The molecule has 0 aromatic rings. The Morgan fingerprint density at radius 1 is 0.812 bits per heavy atom. The van der Waals surface area contributed by atoms with Crippen molar-refractivity contribution in [1.29, 1.82) is 0 Å². The maximum absolute atomic E-state index is 2.56. The highest BCUT2D eigenvalue weighted by atomic mass is 14.4. The molecule has 0 aliphatic heterocycles. The molecule has 1 aliphatic carbocycles. The van der Waals surface area contributed by atoms with Crippen molar-refractivity contribution in [3.05, 3.63) is 0 Å². The van der Waals surface area contributed by atoms with Crippen molar-refractivity contribution >= 4 is 0 Å². The van der Waals surface area contributed by atoms with Gasteiger partial charge in [-0.15, -0.1) is 0 Å². The van der Waals surface area contributed by atoms with Gasteiger partial charge >= 0.3 is 0 Å². The second-order valence-corrected chi connectivity index (χ2v) is 6.82. The van der Waals surface area contributed by atoms with E-state index >= 15 is 0 Å². The van der Waals surface area contributed by atoms with Crippen LogP contribution < -0.4 is 0 Å². The molecule has 0 N–H and O–H groups in total. The normalized spacial score (nSPS) is 30.8. The van der Waals surface area contributed by atoms with Crippen LogP contribution in [0.3, 0.4) is 0 Å². The Kier molecular flexibility index (Phi) is 5.34. The fourth-order valence-electron chi connectivity index (χ4n) is 3.30. The van der Waals surface area contributed by atoms with Gasteiger partial charge in [-0.25, -0.2) is 0 Å². The average molecular weight is 224 g/mol. The van der Waals surface area contributed by atoms with E-state index in [0.29, 0.717) is 10.8 Å². The first-order valence-electron chi connectivity index (χ1n) is 7.52. The van der Waals surface area contributed by atoms with E-state index in [-0.39, 0.29) is 0 Å². The quantitative estimate of drug-likeness (QED) is 0.517. The van der Waals surface area contributed by atoms with Crippen LogP contribution in [-0.4, -0.2) is 0 Å². The molecule has 0 heteroatoms. The van der Waals surface area contributed by atoms with Crippen LogP contribution in [0.5, 0.6) is 0 Å². The lowest BCUT2D eigenvalue weighted by molar-refractivity contribution is 0.0417. The zero-order valence-corrected chi connectivity index (χ0v) is 12.1. The van der Waals surface area contributed by atoms with Crippen LogP contribution in [0.4, 0.5) is 0 Å². The van der Waals surface area contributed by atoms with Crippen LogP contribution in [0.25, 0.3) is 0 Å².